The number of hydrogen-bond donors (Lipinski definition) is 0. The fourth-order valence-electron chi connectivity index (χ4n) is 2.25. The second kappa shape index (κ2) is 6.61. The molecule has 1 aliphatic carbocycles. The maximum Gasteiger partial charge on any atom is 0.337 e. The van der Waals surface area contributed by atoms with Crippen LogP contribution >= 0.6 is 11.6 Å². The van der Waals surface area contributed by atoms with Crippen LogP contribution in [0.1, 0.15) is 31.2 Å². The summed E-state index contributed by atoms with van der Waals surface area (Å²) in [6.45, 7) is 0. The topological polar surface area (TPSA) is 61.6 Å². The maximum absolute atomic E-state index is 10.5. The molecule has 0 amide bonds. The Labute approximate surface area is 122 Å². The highest BCUT2D eigenvalue weighted by atomic mass is 35.5. The molecule has 0 aromatic heterocycles. The van der Waals surface area contributed by atoms with Crippen molar-refractivity contribution in [3.63, 3.8) is 0 Å². The molecule has 0 N–H and O–H groups in total. The summed E-state index contributed by atoms with van der Waals surface area (Å²) in [6, 6.07) is 5.13. The lowest BCUT2D eigenvalue weighted by Crippen LogP contribution is -2.11. The van der Waals surface area contributed by atoms with E-state index in [0.29, 0.717) is 17.1 Å². The number of nitro groups is 1. The first kappa shape index (κ1) is 14.7. The number of nitrogens with zero attached hydrogens (tertiary/aromatic N) is 1. The van der Waals surface area contributed by atoms with Gasteiger partial charge in [-0.2, -0.15) is 0 Å². The van der Waals surface area contributed by atoms with Gasteiger partial charge in [0.05, 0.1) is 18.1 Å². The van der Waals surface area contributed by atoms with Crippen LogP contribution in [-0.4, -0.2) is 18.1 Å². The van der Waals surface area contributed by atoms with Gasteiger partial charge in [0.25, 0.3) is 0 Å². The molecule has 0 heterocycles. The number of ether oxygens (including phenoxy) is 2. The van der Waals surface area contributed by atoms with Crippen molar-refractivity contribution in [1.82, 2.24) is 0 Å². The van der Waals surface area contributed by atoms with Crippen LogP contribution < -0.4 is 9.47 Å². The van der Waals surface area contributed by atoms with Gasteiger partial charge in [-0.3, -0.25) is 10.1 Å². The number of benzene rings is 1. The van der Waals surface area contributed by atoms with E-state index >= 15 is 0 Å². The Morgan fingerprint density at radius 3 is 2.70 bits per heavy atom. The molecule has 1 saturated carbocycles. The highest BCUT2D eigenvalue weighted by Gasteiger charge is 2.18. The van der Waals surface area contributed by atoms with E-state index in [-0.39, 0.29) is 6.10 Å². The molecule has 1 aliphatic rings. The van der Waals surface area contributed by atoms with E-state index in [0.717, 1.165) is 12.8 Å². The van der Waals surface area contributed by atoms with E-state index in [1.807, 2.05) is 0 Å². The first-order valence-corrected chi connectivity index (χ1v) is 6.84. The van der Waals surface area contributed by atoms with E-state index in [4.69, 9.17) is 21.1 Å². The molecule has 1 aromatic rings. The third kappa shape index (κ3) is 3.63. The Morgan fingerprint density at radius 2 is 2.10 bits per heavy atom. The third-order valence-electron chi connectivity index (χ3n) is 3.24. The van der Waals surface area contributed by atoms with E-state index in [9.17, 15) is 10.1 Å². The van der Waals surface area contributed by atoms with Gasteiger partial charge in [-0.25, -0.2) is 0 Å². The second-order valence-corrected chi connectivity index (χ2v) is 5.05. The molecule has 20 heavy (non-hydrogen) atoms. The van der Waals surface area contributed by atoms with Crippen molar-refractivity contribution >= 4 is 17.7 Å². The Balaban J connectivity index is 2.23. The lowest BCUT2D eigenvalue weighted by Gasteiger charge is -2.16. The monoisotopic (exact) mass is 297 g/mol. The summed E-state index contributed by atoms with van der Waals surface area (Å²) in [7, 11) is 1.57. The van der Waals surface area contributed by atoms with Gasteiger partial charge < -0.3 is 9.47 Å². The molecular weight excluding hydrogens is 282 g/mol. The first-order valence-electron chi connectivity index (χ1n) is 6.46. The number of hydrogen-bond acceptors (Lipinski definition) is 4. The summed E-state index contributed by atoms with van der Waals surface area (Å²) in [5, 5.41) is 10.1. The first-order chi connectivity index (χ1) is 9.60. The molecule has 1 fully saturated rings. The summed E-state index contributed by atoms with van der Waals surface area (Å²) in [5.74, 6) is 1.22. The molecule has 5 nitrogen and oxygen atoms in total. The van der Waals surface area contributed by atoms with Crippen molar-refractivity contribution in [2.24, 2.45) is 0 Å². The van der Waals surface area contributed by atoms with Crippen LogP contribution in [0.5, 0.6) is 11.5 Å². The zero-order valence-electron chi connectivity index (χ0n) is 11.2. The quantitative estimate of drug-likeness (QED) is 0.471. The van der Waals surface area contributed by atoms with Gasteiger partial charge >= 0.3 is 5.16 Å². The predicted octanol–water partition coefficient (Wildman–Crippen LogP) is 3.83. The Morgan fingerprint density at radius 1 is 1.40 bits per heavy atom. The third-order valence-corrected chi connectivity index (χ3v) is 3.49. The second-order valence-electron chi connectivity index (χ2n) is 4.66. The lowest BCUT2D eigenvalue weighted by atomic mass is 10.2. The number of halogens is 1. The van der Waals surface area contributed by atoms with Crippen LogP contribution in [0.25, 0.3) is 6.08 Å². The van der Waals surface area contributed by atoms with E-state index < -0.39 is 10.1 Å². The smallest absolute Gasteiger partial charge is 0.337 e. The molecule has 1 aromatic carbocycles. The van der Waals surface area contributed by atoms with Gasteiger partial charge in [0.1, 0.15) is 0 Å². The summed E-state index contributed by atoms with van der Waals surface area (Å²) >= 11 is 5.54. The van der Waals surface area contributed by atoms with Crippen molar-refractivity contribution in [1.29, 1.82) is 0 Å². The minimum absolute atomic E-state index is 0.189. The summed E-state index contributed by atoms with van der Waals surface area (Å²) < 4.78 is 11.2. The number of rotatable bonds is 5. The predicted molar refractivity (Wildman–Crippen MR) is 76.7 cm³/mol. The SMILES string of the molecule is COc1ccc(/C=C(\Cl)[N+](=O)[O-])cc1OC1CCCC1. The summed E-state index contributed by atoms with van der Waals surface area (Å²) in [5.41, 5.74) is 0.612. The Bertz CT molecular complexity index is 524. The van der Waals surface area contributed by atoms with Crippen molar-refractivity contribution in [2.75, 3.05) is 7.11 Å². The van der Waals surface area contributed by atoms with Crippen molar-refractivity contribution in [3.8, 4) is 11.5 Å². The Hall–Kier alpha value is -1.75. The summed E-state index contributed by atoms with van der Waals surface area (Å²) in [4.78, 5) is 9.90. The normalized spacial score (nSPS) is 16.2. The average Bonchev–Trinajstić information content (AvgIpc) is 2.92. The molecule has 108 valence electrons. The lowest BCUT2D eigenvalue weighted by molar-refractivity contribution is -0.410. The van der Waals surface area contributed by atoms with Crippen molar-refractivity contribution < 1.29 is 14.4 Å². The maximum atomic E-state index is 10.5. The molecule has 0 unspecified atom stereocenters. The summed E-state index contributed by atoms with van der Waals surface area (Å²) in [6.07, 6.45) is 5.87. The minimum Gasteiger partial charge on any atom is -0.493 e. The highest BCUT2D eigenvalue weighted by molar-refractivity contribution is 6.29. The van der Waals surface area contributed by atoms with Gasteiger partial charge in [-0.05, 0) is 55.0 Å². The van der Waals surface area contributed by atoms with Gasteiger partial charge in [0, 0.05) is 6.08 Å². The standard InChI is InChI=1S/C14H16ClNO4/c1-19-12-7-6-10(9-14(15)16(17)18)8-13(12)20-11-4-2-3-5-11/h6-9,11H,2-5H2,1H3/b14-9+. The highest BCUT2D eigenvalue weighted by Crippen LogP contribution is 2.33. The van der Waals surface area contributed by atoms with E-state index in [1.54, 1.807) is 25.3 Å². The molecule has 0 bridgehead atoms. The zero-order chi connectivity index (χ0) is 14.5. The molecule has 6 heteroatoms. The van der Waals surface area contributed by atoms with Gasteiger partial charge in [0.15, 0.2) is 11.5 Å². The molecule has 0 spiro atoms. The fourth-order valence-corrected chi connectivity index (χ4v) is 2.38. The van der Waals surface area contributed by atoms with Crippen molar-refractivity contribution in [3.05, 3.63) is 39.0 Å². The van der Waals surface area contributed by atoms with Crippen LogP contribution in [0.4, 0.5) is 0 Å². The number of methoxy groups -OCH3 is 1. The molecule has 0 saturated heterocycles. The average molecular weight is 298 g/mol. The zero-order valence-corrected chi connectivity index (χ0v) is 11.9. The van der Waals surface area contributed by atoms with Crippen LogP contribution in [0.3, 0.4) is 0 Å². The molecular formula is C14H16ClNO4. The van der Waals surface area contributed by atoms with Crippen molar-refractivity contribution in [2.45, 2.75) is 31.8 Å². The van der Waals surface area contributed by atoms with E-state index in [1.165, 1.54) is 18.9 Å². The van der Waals surface area contributed by atoms with Crippen LogP contribution in [0, 0.1) is 10.1 Å². The molecule has 0 aliphatic heterocycles. The van der Waals surface area contributed by atoms with E-state index in [2.05, 4.69) is 0 Å². The van der Waals surface area contributed by atoms with Gasteiger partial charge in [-0.15, -0.1) is 0 Å². The van der Waals surface area contributed by atoms with Gasteiger partial charge in [-0.1, -0.05) is 6.07 Å². The molecule has 0 atom stereocenters. The largest absolute Gasteiger partial charge is 0.493 e. The van der Waals surface area contributed by atoms with Crippen LogP contribution in [0.15, 0.2) is 23.4 Å². The van der Waals surface area contributed by atoms with Gasteiger partial charge in [0.2, 0.25) is 0 Å². The van der Waals surface area contributed by atoms with Crippen LogP contribution in [-0.2, 0) is 0 Å². The Kier molecular flexibility index (Phi) is 4.84. The minimum atomic E-state index is -0.636. The van der Waals surface area contributed by atoms with Crippen LogP contribution in [0.2, 0.25) is 0 Å². The fraction of sp³-hybridized carbons (Fsp3) is 0.429. The molecule has 2 rings (SSSR count). The molecule has 0 radical (unpaired) electrons.